The van der Waals surface area contributed by atoms with E-state index in [9.17, 15) is 9.59 Å². The van der Waals surface area contributed by atoms with Gasteiger partial charge in [0.05, 0.1) is 26.2 Å². The van der Waals surface area contributed by atoms with Crippen LogP contribution in [0, 0.1) is 6.92 Å². The summed E-state index contributed by atoms with van der Waals surface area (Å²) >= 11 is 0. The molecule has 0 spiro atoms. The minimum Gasteiger partial charge on any atom is -0.497 e. The van der Waals surface area contributed by atoms with Gasteiger partial charge in [-0.05, 0) is 68.0 Å². The summed E-state index contributed by atoms with van der Waals surface area (Å²) < 4.78 is 24.3. The number of allylic oxidation sites excluding steroid dienone is 1. The molecule has 1 aliphatic heterocycles. The van der Waals surface area contributed by atoms with Crippen molar-refractivity contribution >= 4 is 28.7 Å². The Balaban J connectivity index is 1.40. The highest BCUT2D eigenvalue weighted by molar-refractivity contribution is 6.15. The van der Waals surface area contributed by atoms with E-state index in [4.69, 9.17) is 18.9 Å². The summed E-state index contributed by atoms with van der Waals surface area (Å²) in [5.41, 5.74) is 3.74. The molecule has 37 heavy (non-hydrogen) atoms. The second-order valence-corrected chi connectivity index (χ2v) is 8.76. The Kier molecular flexibility index (Phi) is 6.44. The number of fused-ring (bicyclic) bond motifs is 2. The van der Waals surface area contributed by atoms with Crippen LogP contribution in [-0.2, 0) is 17.8 Å². The highest BCUT2D eigenvalue weighted by Gasteiger charge is 2.31. The summed E-state index contributed by atoms with van der Waals surface area (Å²) in [5.74, 6) is 1.82. The Hall–Kier alpha value is -4.52. The molecule has 0 fully saturated rings. The molecular formula is C30H27NO6. The first-order valence-electron chi connectivity index (χ1n) is 12.0. The van der Waals surface area contributed by atoms with Crippen LogP contribution >= 0.6 is 0 Å². The number of hydrogen-bond acceptors (Lipinski definition) is 6. The van der Waals surface area contributed by atoms with E-state index in [0.717, 1.165) is 40.1 Å². The number of esters is 1. The fourth-order valence-electron chi connectivity index (χ4n) is 4.50. The molecule has 0 unspecified atom stereocenters. The van der Waals surface area contributed by atoms with Crippen LogP contribution in [0.25, 0.3) is 17.0 Å². The average Bonchev–Trinajstić information content (AvgIpc) is 3.43. The van der Waals surface area contributed by atoms with E-state index in [-0.39, 0.29) is 18.0 Å². The lowest BCUT2D eigenvalue weighted by Crippen LogP contribution is -2.12. The highest BCUT2D eigenvalue weighted by Crippen LogP contribution is 2.40. The molecule has 7 nitrogen and oxygen atoms in total. The van der Waals surface area contributed by atoms with Crippen molar-refractivity contribution < 1.29 is 28.5 Å². The summed E-state index contributed by atoms with van der Waals surface area (Å²) in [5, 5.41) is 0.964. The van der Waals surface area contributed by atoms with Crippen LogP contribution in [0.4, 0.5) is 0 Å². The maximum absolute atomic E-state index is 13.2. The minimum absolute atomic E-state index is 0.108. The highest BCUT2D eigenvalue weighted by atomic mass is 16.5. The summed E-state index contributed by atoms with van der Waals surface area (Å²) in [6.07, 6.45) is 3.86. The van der Waals surface area contributed by atoms with E-state index < -0.39 is 5.97 Å². The van der Waals surface area contributed by atoms with Gasteiger partial charge in [0.15, 0.2) is 5.76 Å². The minimum atomic E-state index is -0.408. The smallest absolute Gasteiger partial charge is 0.315 e. The third-order valence-corrected chi connectivity index (χ3v) is 6.51. The normalized spacial score (nSPS) is 13.5. The Morgan fingerprint density at radius 1 is 1.00 bits per heavy atom. The zero-order valence-electron chi connectivity index (χ0n) is 21.2. The molecule has 7 heteroatoms. The molecule has 4 aromatic rings. The van der Waals surface area contributed by atoms with Crippen LogP contribution in [-0.4, -0.2) is 30.5 Å². The fourth-order valence-corrected chi connectivity index (χ4v) is 4.50. The van der Waals surface area contributed by atoms with Crippen LogP contribution in [0.2, 0.25) is 0 Å². The van der Waals surface area contributed by atoms with E-state index in [0.29, 0.717) is 22.6 Å². The molecule has 5 rings (SSSR count). The van der Waals surface area contributed by atoms with Crippen molar-refractivity contribution in [1.29, 1.82) is 0 Å². The molecular weight excluding hydrogens is 470 g/mol. The Bertz CT molecular complexity index is 1540. The van der Waals surface area contributed by atoms with E-state index in [1.54, 1.807) is 51.5 Å². The number of rotatable bonds is 7. The van der Waals surface area contributed by atoms with Crippen molar-refractivity contribution in [3.8, 4) is 23.0 Å². The molecule has 1 aromatic heterocycles. The molecule has 3 aromatic carbocycles. The Morgan fingerprint density at radius 2 is 1.73 bits per heavy atom. The van der Waals surface area contributed by atoms with Crippen LogP contribution in [0.5, 0.6) is 23.0 Å². The number of benzene rings is 3. The van der Waals surface area contributed by atoms with Gasteiger partial charge >= 0.3 is 5.97 Å². The SMILES string of the molecule is CCn1cc(/C=C2\Oc3c(ccc(OC(=O)Cc4ccc(OC)cc4)c3C)C2=O)c2cc(OC)ccc21. The number of aromatic nitrogens is 1. The Morgan fingerprint density at radius 3 is 2.43 bits per heavy atom. The fraction of sp³-hybridized carbons (Fsp3) is 0.200. The number of nitrogens with zero attached hydrogens (tertiary/aromatic N) is 1. The van der Waals surface area contributed by atoms with Gasteiger partial charge in [-0.15, -0.1) is 0 Å². The predicted octanol–water partition coefficient (Wildman–Crippen LogP) is 5.75. The number of ether oxygens (including phenoxy) is 4. The van der Waals surface area contributed by atoms with E-state index in [1.165, 1.54) is 0 Å². The lowest BCUT2D eigenvalue weighted by molar-refractivity contribution is -0.133. The lowest BCUT2D eigenvalue weighted by Gasteiger charge is -2.10. The maximum atomic E-state index is 13.2. The topological polar surface area (TPSA) is 76.0 Å². The number of aryl methyl sites for hydroxylation is 1. The molecule has 0 saturated carbocycles. The summed E-state index contributed by atoms with van der Waals surface area (Å²) in [6.45, 7) is 4.62. The molecule has 1 aliphatic rings. The Labute approximate surface area is 214 Å². The van der Waals surface area contributed by atoms with E-state index >= 15 is 0 Å². The van der Waals surface area contributed by atoms with Crippen LogP contribution in [0.15, 0.2) is 66.6 Å². The first-order valence-corrected chi connectivity index (χ1v) is 12.0. The summed E-state index contributed by atoms with van der Waals surface area (Å²) in [7, 11) is 3.22. The van der Waals surface area contributed by atoms with E-state index in [1.807, 2.05) is 36.5 Å². The largest absolute Gasteiger partial charge is 0.497 e. The molecule has 0 aliphatic carbocycles. The number of hydrogen-bond donors (Lipinski definition) is 0. The number of methoxy groups -OCH3 is 2. The number of ketones is 1. The third-order valence-electron chi connectivity index (χ3n) is 6.51. The van der Waals surface area contributed by atoms with Gasteiger partial charge in [0.25, 0.3) is 0 Å². The lowest BCUT2D eigenvalue weighted by atomic mass is 10.1. The molecule has 0 bridgehead atoms. The molecule has 0 amide bonds. The molecule has 2 heterocycles. The molecule has 0 N–H and O–H groups in total. The molecule has 0 saturated heterocycles. The van der Waals surface area contributed by atoms with Gasteiger partial charge < -0.3 is 23.5 Å². The predicted molar refractivity (Wildman–Crippen MR) is 141 cm³/mol. The van der Waals surface area contributed by atoms with Crippen molar-refractivity contribution in [3.63, 3.8) is 0 Å². The van der Waals surface area contributed by atoms with Gasteiger partial charge in [0, 0.05) is 34.8 Å². The van der Waals surface area contributed by atoms with E-state index in [2.05, 4.69) is 11.5 Å². The monoisotopic (exact) mass is 497 g/mol. The average molecular weight is 498 g/mol. The van der Waals surface area contributed by atoms with Crippen LogP contribution in [0.1, 0.15) is 34.0 Å². The van der Waals surface area contributed by atoms with Gasteiger partial charge in [0.1, 0.15) is 23.0 Å². The zero-order valence-corrected chi connectivity index (χ0v) is 21.2. The first-order chi connectivity index (χ1) is 17.9. The molecule has 188 valence electrons. The molecule has 0 radical (unpaired) electrons. The van der Waals surface area contributed by atoms with Gasteiger partial charge in [-0.25, -0.2) is 0 Å². The first kappa shape index (κ1) is 24.2. The van der Waals surface area contributed by atoms with Crippen molar-refractivity contribution in [3.05, 3.63) is 88.8 Å². The van der Waals surface area contributed by atoms with Gasteiger partial charge in [-0.1, -0.05) is 12.1 Å². The number of carbonyl (C=O) groups is 2. The van der Waals surface area contributed by atoms with Gasteiger partial charge in [0.2, 0.25) is 5.78 Å². The van der Waals surface area contributed by atoms with Crippen molar-refractivity contribution in [2.24, 2.45) is 0 Å². The second-order valence-electron chi connectivity index (χ2n) is 8.76. The van der Waals surface area contributed by atoms with Crippen LogP contribution < -0.4 is 18.9 Å². The number of carbonyl (C=O) groups excluding carboxylic acids is 2. The quantitative estimate of drug-likeness (QED) is 0.184. The standard InChI is InChI=1S/C30H27NO6/c1-5-31-17-20(24-16-22(35-4)10-12-25(24)31)15-27-29(33)23-11-13-26(18(2)30(23)37-27)36-28(32)14-19-6-8-21(34-3)9-7-19/h6-13,15-17H,5,14H2,1-4H3/b27-15-. The summed E-state index contributed by atoms with van der Waals surface area (Å²) in [6, 6.07) is 16.4. The maximum Gasteiger partial charge on any atom is 0.315 e. The van der Waals surface area contributed by atoms with Gasteiger partial charge in [-0.3, -0.25) is 9.59 Å². The van der Waals surface area contributed by atoms with Crippen molar-refractivity contribution in [2.45, 2.75) is 26.8 Å². The van der Waals surface area contributed by atoms with Crippen molar-refractivity contribution in [2.75, 3.05) is 14.2 Å². The van der Waals surface area contributed by atoms with Crippen LogP contribution in [0.3, 0.4) is 0 Å². The van der Waals surface area contributed by atoms with Crippen molar-refractivity contribution in [1.82, 2.24) is 4.57 Å². The zero-order chi connectivity index (χ0) is 26.1. The number of Topliss-reactive ketones (excluding diaryl/α,β-unsaturated/α-hetero) is 1. The summed E-state index contributed by atoms with van der Waals surface area (Å²) in [4.78, 5) is 25.8. The second kappa shape index (κ2) is 9.85. The van der Waals surface area contributed by atoms with Gasteiger partial charge in [-0.2, -0.15) is 0 Å². The molecule has 0 atom stereocenters. The third kappa shape index (κ3) is 4.56.